The highest BCUT2D eigenvalue weighted by Gasteiger charge is 2.14. The average molecular weight is 308 g/mol. The Kier molecular flexibility index (Phi) is 3.72. The number of aromatic nitrogens is 1. The molecule has 1 heterocycles. The zero-order valence-electron chi connectivity index (χ0n) is 12.0. The lowest BCUT2D eigenvalue weighted by atomic mass is 10.0. The summed E-state index contributed by atoms with van der Waals surface area (Å²) in [7, 11) is 0. The minimum atomic E-state index is -0.487. The van der Waals surface area contributed by atoms with Gasteiger partial charge in [-0.1, -0.05) is 18.2 Å². The lowest BCUT2D eigenvalue weighted by Gasteiger charge is -2.10. The monoisotopic (exact) mass is 308 g/mol. The molecular formula is C17H13FN4O. The predicted molar refractivity (Wildman–Crippen MR) is 86.5 cm³/mol. The summed E-state index contributed by atoms with van der Waals surface area (Å²) in [5.41, 5.74) is 7.44. The molecule has 2 aromatic carbocycles. The number of hydrogen-bond acceptors (Lipinski definition) is 3. The molecule has 0 saturated heterocycles. The second kappa shape index (κ2) is 5.84. The van der Waals surface area contributed by atoms with Crippen molar-refractivity contribution in [1.82, 2.24) is 10.3 Å². The van der Waals surface area contributed by atoms with Crippen LogP contribution in [0.4, 0.5) is 4.39 Å². The number of carbonyl (C=O) groups is 1. The van der Waals surface area contributed by atoms with Crippen LogP contribution in [-0.2, 0) is 0 Å². The van der Waals surface area contributed by atoms with Crippen LogP contribution in [0.5, 0.6) is 0 Å². The van der Waals surface area contributed by atoms with Gasteiger partial charge in [0.25, 0.3) is 5.91 Å². The maximum absolute atomic E-state index is 13.1. The first-order chi connectivity index (χ1) is 11.0. The number of carbonyl (C=O) groups excluding carboxylic acids is 1. The molecule has 3 aromatic rings. The minimum Gasteiger partial charge on any atom is -0.370 e. The van der Waals surface area contributed by atoms with Gasteiger partial charge in [-0.2, -0.15) is 0 Å². The van der Waals surface area contributed by atoms with Crippen molar-refractivity contribution in [2.24, 2.45) is 5.73 Å². The largest absolute Gasteiger partial charge is 0.370 e. The summed E-state index contributed by atoms with van der Waals surface area (Å²) in [6, 6.07) is 14.6. The Labute approximate surface area is 131 Å². The number of benzene rings is 2. The molecule has 0 radical (unpaired) electrons. The molecule has 0 spiro atoms. The maximum Gasteiger partial charge on any atom is 0.258 e. The molecule has 0 aliphatic carbocycles. The molecular weight excluding hydrogens is 295 g/mol. The van der Waals surface area contributed by atoms with E-state index in [2.05, 4.69) is 10.3 Å². The molecule has 3 rings (SSSR count). The molecule has 23 heavy (non-hydrogen) atoms. The van der Waals surface area contributed by atoms with Gasteiger partial charge in [0, 0.05) is 10.9 Å². The summed E-state index contributed by atoms with van der Waals surface area (Å²) in [5.74, 6) is -1.26. The molecule has 1 aromatic heterocycles. The van der Waals surface area contributed by atoms with Crippen LogP contribution < -0.4 is 11.1 Å². The van der Waals surface area contributed by atoms with E-state index in [0.29, 0.717) is 27.7 Å². The van der Waals surface area contributed by atoms with Gasteiger partial charge in [-0.15, -0.1) is 0 Å². The fourth-order valence-corrected chi connectivity index (χ4v) is 2.32. The molecule has 1 amide bonds. The SMILES string of the molecule is N=C(N)NC(=O)c1cc(-c2ccc(F)cc2)nc2ccccc12. The van der Waals surface area contributed by atoms with Gasteiger partial charge >= 0.3 is 0 Å². The average Bonchev–Trinajstić information content (AvgIpc) is 2.54. The van der Waals surface area contributed by atoms with Crippen LogP contribution in [0.15, 0.2) is 54.6 Å². The highest BCUT2D eigenvalue weighted by atomic mass is 19.1. The molecule has 0 unspecified atom stereocenters. The van der Waals surface area contributed by atoms with Crippen molar-refractivity contribution in [3.63, 3.8) is 0 Å². The van der Waals surface area contributed by atoms with Crippen molar-refractivity contribution in [3.05, 3.63) is 66.0 Å². The number of fused-ring (bicyclic) bond motifs is 1. The molecule has 0 fully saturated rings. The van der Waals surface area contributed by atoms with Gasteiger partial charge in [-0.25, -0.2) is 9.37 Å². The van der Waals surface area contributed by atoms with Crippen LogP contribution in [-0.4, -0.2) is 16.9 Å². The molecule has 6 heteroatoms. The molecule has 0 bridgehead atoms. The zero-order chi connectivity index (χ0) is 16.4. The Bertz CT molecular complexity index is 906. The van der Waals surface area contributed by atoms with Crippen LogP contribution in [0.25, 0.3) is 22.2 Å². The molecule has 5 nitrogen and oxygen atoms in total. The quantitative estimate of drug-likeness (QED) is 0.502. The Morgan fingerprint density at radius 1 is 1.13 bits per heavy atom. The van der Waals surface area contributed by atoms with E-state index in [1.54, 1.807) is 36.4 Å². The Hall–Kier alpha value is -3.28. The van der Waals surface area contributed by atoms with Gasteiger partial charge < -0.3 is 5.73 Å². The van der Waals surface area contributed by atoms with Gasteiger partial charge in [0.15, 0.2) is 5.96 Å². The van der Waals surface area contributed by atoms with E-state index in [1.807, 2.05) is 6.07 Å². The van der Waals surface area contributed by atoms with Crippen molar-refractivity contribution < 1.29 is 9.18 Å². The number of guanidine groups is 1. The molecule has 114 valence electrons. The molecule has 4 N–H and O–H groups in total. The zero-order valence-corrected chi connectivity index (χ0v) is 12.0. The first-order valence-corrected chi connectivity index (χ1v) is 6.86. The Morgan fingerprint density at radius 3 is 2.52 bits per heavy atom. The van der Waals surface area contributed by atoms with E-state index < -0.39 is 11.9 Å². The first-order valence-electron chi connectivity index (χ1n) is 6.86. The highest BCUT2D eigenvalue weighted by Crippen LogP contribution is 2.25. The van der Waals surface area contributed by atoms with Crippen molar-refractivity contribution in [2.75, 3.05) is 0 Å². The van der Waals surface area contributed by atoms with E-state index in [0.717, 1.165) is 0 Å². The summed E-state index contributed by atoms with van der Waals surface area (Å²) >= 11 is 0. The fourth-order valence-electron chi connectivity index (χ4n) is 2.32. The highest BCUT2D eigenvalue weighted by molar-refractivity contribution is 6.12. The first kappa shape index (κ1) is 14.6. The number of para-hydroxylation sites is 1. The Morgan fingerprint density at radius 2 is 1.83 bits per heavy atom. The standard InChI is InChI=1S/C17H13FN4O/c18-11-7-5-10(6-8-11)15-9-13(16(23)22-17(19)20)12-3-1-2-4-14(12)21-15/h1-9H,(H4,19,20,22,23). The van der Waals surface area contributed by atoms with Crippen LogP contribution in [0, 0.1) is 11.2 Å². The van der Waals surface area contributed by atoms with Crippen LogP contribution in [0.3, 0.4) is 0 Å². The number of nitrogens with two attached hydrogens (primary N) is 1. The normalized spacial score (nSPS) is 10.5. The Balaban J connectivity index is 2.19. The van der Waals surface area contributed by atoms with E-state index in [-0.39, 0.29) is 5.82 Å². The minimum absolute atomic E-state index is 0.343. The second-order valence-electron chi connectivity index (χ2n) is 4.95. The summed E-state index contributed by atoms with van der Waals surface area (Å²) < 4.78 is 13.1. The van der Waals surface area contributed by atoms with E-state index >= 15 is 0 Å². The number of rotatable bonds is 2. The third-order valence-corrected chi connectivity index (χ3v) is 3.35. The molecule has 0 aliphatic rings. The third kappa shape index (κ3) is 3.01. The number of nitrogens with one attached hydrogen (secondary N) is 2. The van der Waals surface area contributed by atoms with Crippen molar-refractivity contribution in [2.45, 2.75) is 0 Å². The van der Waals surface area contributed by atoms with E-state index in [4.69, 9.17) is 11.1 Å². The van der Waals surface area contributed by atoms with Gasteiger partial charge in [0.1, 0.15) is 5.82 Å². The fraction of sp³-hybridized carbons (Fsp3) is 0. The number of nitrogens with zero attached hydrogens (tertiary/aromatic N) is 1. The predicted octanol–water partition coefficient (Wildman–Crippen LogP) is 2.66. The number of amides is 1. The third-order valence-electron chi connectivity index (χ3n) is 3.35. The topological polar surface area (TPSA) is 91.9 Å². The maximum atomic E-state index is 13.1. The van der Waals surface area contributed by atoms with Gasteiger partial charge in [-0.05, 0) is 36.4 Å². The van der Waals surface area contributed by atoms with Crippen molar-refractivity contribution in [1.29, 1.82) is 5.41 Å². The lowest BCUT2D eigenvalue weighted by Crippen LogP contribution is -2.35. The van der Waals surface area contributed by atoms with Crippen LogP contribution >= 0.6 is 0 Å². The molecule has 0 atom stereocenters. The summed E-state index contributed by atoms with van der Waals surface area (Å²) in [5, 5.41) is 10.1. The number of hydrogen-bond donors (Lipinski definition) is 3. The van der Waals surface area contributed by atoms with Crippen LogP contribution in [0.1, 0.15) is 10.4 Å². The summed E-state index contributed by atoms with van der Waals surface area (Å²) in [6.07, 6.45) is 0. The van der Waals surface area contributed by atoms with E-state index in [9.17, 15) is 9.18 Å². The summed E-state index contributed by atoms with van der Waals surface area (Å²) in [6.45, 7) is 0. The smallest absolute Gasteiger partial charge is 0.258 e. The van der Waals surface area contributed by atoms with Crippen molar-refractivity contribution in [3.8, 4) is 11.3 Å². The van der Waals surface area contributed by atoms with Crippen molar-refractivity contribution >= 4 is 22.8 Å². The van der Waals surface area contributed by atoms with Gasteiger partial charge in [0.2, 0.25) is 0 Å². The number of halogens is 1. The van der Waals surface area contributed by atoms with Crippen LogP contribution in [0.2, 0.25) is 0 Å². The van der Waals surface area contributed by atoms with Gasteiger partial charge in [-0.3, -0.25) is 15.5 Å². The molecule has 0 aliphatic heterocycles. The molecule has 0 saturated carbocycles. The second-order valence-corrected chi connectivity index (χ2v) is 4.95. The lowest BCUT2D eigenvalue weighted by molar-refractivity contribution is 0.0978. The van der Waals surface area contributed by atoms with E-state index in [1.165, 1.54) is 12.1 Å². The summed E-state index contributed by atoms with van der Waals surface area (Å²) in [4.78, 5) is 16.8. The number of pyridine rings is 1. The van der Waals surface area contributed by atoms with Gasteiger partial charge in [0.05, 0.1) is 16.8 Å².